The van der Waals surface area contributed by atoms with E-state index in [-0.39, 0.29) is 18.9 Å². The third-order valence-electron chi connectivity index (χ3n) is 3.18. The van der Waals surface area contributed by atoms with Gasteiger partial charge in [0.15, 0.2) is 0 Å². The van der Waals surface area contributed by atoms with Crippen LogP contribution in [0.15, 0.2) is 79.4 Å². The van der Waals surface area contributed by atoms with Gasteiger partial charge in [0, 0.05) is 6.42 Å². The average molecular weight is 321 g/mol. The molecule has 2 aromatic rings. The van der Waals surface area contributed by atoms with Crippen molar-refractivity contribution in [2.45, 2.75) is 6.42 Å². The van der Waals surface area contributed by atoms with Crippen molar-refractivity contribution >= 4 is 18.0 Å². The molecule has 0 aliphatic carbocycles. The first-order valence-corrected chi connectivity index (χ1v) is 7.61. The van der Waals surface area contributed by atoms with Crippen molar-refractivity contribution in [3.63, 3.8) is 0 Å². The SMILES string of the molecule is C=CCN(OC(=O)c1ccccc1)C(=O)C/C=C/c1ccccc1. The molecule has 0 bridgehead atoms. The van der Waals surface area contributed by atoms with Gasteiger partial charge in [-0.25, -0.2) is 4.79 Å². The zero-order chi connectivity index (χ0) is 17.2. The molecule has 0 N–H and O–H groups in total. The second kappa shape index (κ2) is 9.10. The van der Waals surface area contributed by atoms with E-state index in [0.29, 0.717) is 5.56 Å². The van der Waals surface area contributed by atoms with E-state index in [1.54, 1.807) is 36.4 Å². The van der Waals surface area contributed by atoms with E-state index < -0.39 is 5.97 Å². The largest absolute Gasteiger partial charge is 0.363 e. The number of nitrogens with zero attached hydrogens (tertiary/aromatic N) is 1. The van der Waals surface area contributed by atoms with Crippen LogP contribution >= 0.6 is 0 Å². The van der Waals surface area contributed by atoms with Crippen LogP contribution in [0.5, 0.6) is 0 Å². The number of hydrogen-bond acceptors (Lipinski definition) is 3. The molecule has 122 valence electrons. The Morgan fingerprint density at radius 1 is 1.00 bits per heavy atom. The lowest BCUT2D eigenvalue weighted by atomic mass is 10.2. The van der Waals surface area contributed by atoms with Gasteiger partial charge in [0.05, 0.1) is 12.1 Å². The smallest absolute Gasteiger partial charge is 0.332 e. The van der Waals surface area contributed by atoms with Gasteiger partial charge in [0.1, 0.15) is 0 Å². The summed E-state index contributed by atoms with van der Waals surface area (Å²) in [5, 5.41) is 1.03. The van der Waals surface area contributed by atoms with Gasteiger partial charge in [-0.1, -0.05) is 66.8 Å². The summed E-state index contributed by atoms with van der Waals surface area (Å²) in [5.74, 6) is -0.885. The van der Waals surface area contributed by atoms with Crippen LogP contribution in [-0.4, -0.2) is 23.5 Å². The molecule has 0 unspecified atom stereocenters. The molecule has 0 spiro atoms. The fourth-order valence-electron chi connectivity index (χ4n) is 2.00. The molecule has 0 radical (unpaired) electrons. The quantitative estimate of drug-likeness (QED) is 0.599. The Morgan fingerprint density at radius 2 is 1.62 bits per heavy atom. The van der Waals surface area contributed by atoms with Crippen LogP contribution in [0.2, 0.25) is 0 Å². The second-order valence-electron chi connectivity index (χ2n) is 5.01. The highest BCUT2D eigenvalue weighted by Crippen LogP contribution is 2.07. The van der Waals surface area contributed by atoms with Crippen LogP contribution in [-0.2, 0) is 9.63 Å². The summed E-state index contributed by atoms with van der Waals surface area (Å²) < 4.78 is 0. The zero-order valence-electron chi connectivity index (χ0n) is 13.3. The molecular formula is C20H19NO3. The van der Waals surface area contributed by atoms with Crippen LogP contribution in [0.4, 0.5) is 0 Å². The molecule has 0 aliphatic rings. The van der Waals surface area contributed by atoms with Crippen molar-refractivity contribution in [3.8, 4) is 0 Å². The minimum Gasteiger partial charge on any atom is -0.332 e. The molecule has 0 atom stereocenters. The van der Waals surface area contributed by atoms with Crippen LogP contribution in [0.25, 0.3) is 6.08 Å². The van der Waals surface area contributed by atoms with E-state index >= 15 is 0 Å². The number of benzene rings is 2. The zero-order valence-corrected chi connectivity index (χ0v) is 13.3. The molecule has 1 amide bonds. The first kappa shape index (κ1) is 17.2. The molecule has 0 saturated carbocycles. The lowest BCUT2D eigenvalue weighted by molar-refractivity contribution is -0.163. The molecule has 0 saturated heterocycles. The highest BCUT2D eigenvalue weighted by Gasteiger charge is 2.17. The predicted molar refractivity (Wildman–Crippen MR) is 93.9 cm³/mol. The first-order valence-electron chi connectivity index (χ1n) is 7.61. The number of carbonyl (C=O) groups excluding carboxylic acids is 2. The van der Waals surface area contributed by atoms with Gasteiger partial charge in [-0.3, -0.25) is 4.79 Å². The van der Waals surface area contributed by atoms with E-state index in [9.17, 15) is 9.59 Å². The fraction of sp³-hybridized carbons (Fsp3) is 0.100. The number of amides is 1. The van der Waals surface area contributed by atoms with Crippen molar-refractivity contribution < 1.29 is 14.4 Å². The van der Waals surface area contributed by atoms with Gasteiger partial charge in [-0.2, -0.15) is 5.06 Å². The summed E-state index contributed by atoms with van der Waals surface area (Å²) in [6.45, 7) is 3.72. The van der Waals surface area contributed by atoms with Crippen molar-refractivity contribution in [1.82, 2.24) is 5.06 Å². The van der Waals surface area contributed by atoms with Crippen LogP contribution < -0.4 is 0 Å². The minimum absolute atomic E-state index is 0.130. The normalized spacial score (nSPS) is 10.3. The van der Waals surface area contributed by atoms with Crippen LogP contribution in [0.1, 0.15) is 22.3 Å². The minimum atomic E-state index is -0.571. The Bertz CT molecular complexity index is 708. The van der Waals surface area contributed by atoms with Gasteiger partial charge in [0.25, 0.3) is 5.91 Å². The van der Waals surface area contributed by atoms with Crippen molar-refractivity contribution in [2.75, 3.05) is 6.54 Å². The summed E-state index contributed by atoms with van der Waals surface area (Å²) in [6.07, 6.45) is 5.23. The van der Waals surface area contributed by atoms with E-state index in [2.05, 4.69) is 6.58 Å². The lowest BCUT2D eigenvalue weighted by Crippen LogP contribution is -2.33. The van der Waals surface area contributed by atoms with Crippen LogP contribution in [0.3, 0.4) is 0 Å². The average Bonchev–Trinajstić information content (AvgIpc) is 2.63. The molecule has 0 aliphatic heterocycles. The molecular weight excluding hydrogens is 302 g/mol. The van der Waals surface area contributed by atoms with E-state index in [0.717, 1.165) is 10.6 Å². The van der Waals surface area contributed by atoms with Gasteiger partial charge < -0.3 is 4.84 Å². The Hall–Kier alpha value is -3.14. The Morgan fingerprint density at radius 3 is 2.25 bits per heavy atom. The fourth-order valence-corrected chi connectivity index (χ4v) is 2.00. The molecule has 0 aromatic heterocycles. The predicted octanol–water partition coefficient (Wildman–Crippen LogP) is 3.88. The summed E-state index contributed by atoms with van der Waals surface area (Å²) in [5.41, 5.74) is 1.39. The molecule has 0 heterocycles. The maximum absolute atomic E-state index is 12.2. The van der Waals surface area contributed by atoms with E-state index in [1.165, 1.54) is 6.08 Å². The maximum Gasteiger partial charge on any atom is 0.363 e. The molecule has 24 heavy (non-hydrogen) atoms. The Labute approximate surface area is 141 Å². The third-order valence-corrected chi connectivity index (χ3v) is 3.18. The number of hydrogen-bond donors (Lipinski definition) is 0. The molecule has 2 aromatic carbocycles. The first-order chi connectivity index (χ1) is 11.7. The summed E-state index contributed by atoms with van der Waals surface area (Å²) in [6, 6.07) is 18.2. The van der Waals surface area contributed by atoms with E-state index in [1.807, 2.05) is 36.4 Å². The molecule has 0 fully saturated rings. The molecule has 2 rings (SSSR count). The molecule has 4 heteroatoms. The highest BCUT2D eigenvalue weighted by atomic mass is 16.7. The Balaban J connectivity index is 1.96. The number of rotatable bonds is 6. The third kappa shape index (κ3) is 5.25. The standard InChI is InChI=1S/C20H19NO3/c1-2-16-21(24-20(23)18-13-7-4-8-14-18)19(22)15-9-12-17-10-5-3-6-11-17/h2-14H,1,15-16H2/b12-9+. The lowest BCUT2D eigenvalue weighted by Gasteiger charge is -2.19. The number of carbonyl (C=O) groups is 2. The van der Waals surface area contributed by atoms with Gasteiger partial charge >= 0.3 is 5.97 Å². The van der Waals surface area contributed by atoms with Crippen molar-refractivity contribution in [1.29, 1.82) is 0 Å². The van der Waals surface area contributed by atoms with Gasteiger partial charge in [-0.15, -0.1) is 6.58 Å². The second-order valence-corrected chi connectivity index (χ2v) is 5.01. The van der Waals surface area contributed by atoms with Crippen molar-refractivity contribution in [2.24, 2.45) is 0 Å². The monoisotopic (exact) mass is 321 g/mol. The van der Waals surface area contributed by atoms with Gasteiger partial charge in [0.2, 0.25) is 0 Å². The Kier molecular flexibility index (Phi) is 6.53. The maximum atomic E-state index is 12.2. The van der Waals surface area contributed by atoms with E-state index in [4.69, 9.17) is 4.84 Å². The van der Waals surface area contributed by atoms with Gasteiger partial charge in [-0.05, 0) is 17.7 Å². The topological polar surface area (TPSA) is 46.6 Å². The summed E-state index contributed by atoms with van der Waals surface area (Å²) in [4.78, 5) is 29.5. The highest BCUT2D eigenvalue weighted by molar-refractivity contribution is 5.90. The number of hydroxylamine groups is 2. The van der Waals surface area contributed by atoms with Crippen LogP contribution in [0, 0.1) is 0 Å². The summed E-state index contributed by atoms with van der Waals surface area (Å²) >= 11 is 0. The molecule has 4 nitrogen and oxygen atoms in total. The van der Waals surface area contributed by atoms with Crippen molar-refractivity contribution in [3.05, 3.63) is 90.5 Å². The summed E-state index contributed by atoms with van der Waals surface area (Å²) in [7, 11) is 0.